The molecule has 0 spiro atoms. The number of benzene rings is 1. The van der Waals surface area contributed by atoms with E-state index in [0.717, 1.165) is 0 Å². The Bertz CT molecular complexity index is 406. The van der Waals surface area contributed by atoms with E-state index in [1.165, 1.54) is 0 Å². The molecule has 9 heteroatoms. The molecule has 0 aromatic heterocycles. The van der Waals surface area contributed by atoms with Crippen molar-refractivity contribution in [3.05, 3.63) is 25.1 Å². The maximum atomic E-state index is 10.5. The summed E-state index contributed by atoms with van der Waals surface area (Å²) in [5.41, 5.74) is 0. The standard InChI is InChI=1S/C6H2Cl5O3P/c7-1-2(8)4(10)6(14-15(12)13)5(11)3(1)9/h15H,(H,12,13). The van der Waals surface area contributed by atoms with E-state index < -0.39 is 8.25 Å². The Morgan fingerprint density at radius 2 is 1.20 bits per heavy atom. The fraction of sp³-hybridized carbons (Fsp3) is 0. The first-order valence-electron chi connectivity index (χ1n) is 3.28. The van der Waals surface area contributed by atoms with Gasteiger partial charge >= 0.3 is 8.25 Å². The molecular formula is C6H2Cl5O3P. The van der Waals surface area contributed by atoms with Crippen molar-refractivity contribution in [3.63, 3.8) is 0 Å². The highest BCUT2D eigenvalue weighted by Crippen LogP contribution is 2.49. The van der Waals surface area contributed by atoms with Gasteiger partial charge in [-0.15, -0.1) is 0 Å². The summed E-state index contributed by atoms with van der Waals surface area (Å²) < 4.78 is 15.0. The highest BCUT2D eigenvalue weighted by atomic mass is 35.5. The van der Waals surface area contributed by atoms with Crippen molar-refractivity contribution >= 4 is 66.3 Å². The largest absolute Gasteiger partial charge is 0.423 e. The Balaban J connectivity index is 3.45. The van der Waals surface area contributed by atoms with Crippen LogP contribution in [0.15, 0.2) is 0 Å². The minimum Gasteiger partial charge on any atom is -0.423 e. The quantitative estimate of drug-likeness (QED) is 0.485. The van der Waals surface area contributed by atoms with E-state index >= 15 is 0 Å². The van der Waals surface area contributed by atoms with Gasteiger partial charge in [-0.25, -0.2) is 4.57 Å². The fourth-order valence-corrected chi connectivity index (χ4v) is 2.47. The molecule has 0 fully saturated rings. The maximum absolute atomic E-state index is 10.5. The molecular weight excluding hydrogens is 328 g/mol. The lowest BCUT2D eigenvalue weighted by Crippen LogP contribution is -1.87. The Morgan fingerprint density at radius 1 is 0.867 bits per heavy atom. The van der Waals surface area contributed by atoms with Crippen LogP contribution in [0.5, 0.6) is 5.75 Å². The minimum atomic E-state index is -3.26. The molecule has 1 aromatic carbocycles. The van der Waals surface area contributed by atoms with Crippen LogP contribution in [0.2, 0.25) is 25.1 Å². The zero-order valence-corrected chi connectivity index (χ0v) is 11.4. The van der Waals surface area contributed by atoms with Gasteiger partial charge in [-0.05, 0) is 0 Å². The topological polar surface area (TPSA) is 46.5 Å². The summed E-state index contributed by atoms with van der Waals surface area (Å²) in [5, 5.41) is -0.554. The molecule has 0 aliphatic rings. The molecule has 1 N–H and O–H groups in total. The van der Waals surface area contributed by atoms with Crippen LogP contribution in [0.1, 0.15) is 0 Å². The van der Waals surface area contributed by atoms with E-state index in [0.29, 0.717) is 0 Å². The summed E-state index contributed by atoms with van der Waals surface area (Å²) in [6.07, 6.45) is 0. The van der Waals surface area contributed by atoms with E-state index in [1.807, 2.05) is 0 Å². The van der Waals surface area contributed by atoms with Gasteiger partial charge in [0.1, 0.15) is 10.0 Å². The van der Waals surface area contributed by atoms with E-state index in [4.69, 9.17) is 62.9 Å². The smallest absolute Gasteiger partial charge is 0.365 e. The van der Waals surface area contributed by atoms with Gasteiger partial charge in [0.15, 0.2) is 5.75 Å². The second kappa shape index (κ2) is 5.33. The van der Waals surface area contributed by atoms with Crippen LogP contribution in [0.4, 0.5) is 0 Å². The van der Waals surface area contributed by atoms with Crippen LogP contribution in [-0.4, -0.2) is 4.89 Å². The molecule has 0 amide bonds. The molecule has 1 rings (SSSR count). The SMILES string of the molecule is O=[PH](O)Oc1c(Cl)c(Cl)c(Cl)c(Cl)c1Cl. The number of hydrogen-bond acceptors (Lipinski definition) is 2. The van der Waals surface area contributed by atoms with E-state index in [9.17, 15) is 4.57 Å². The lowest BCUT2D eigenvalue weighted by Gasteiger charge is -2.11. The highest BCUT2D eigenvalue weighted by molar-refractivity contribution is 7.32. The van der Waals surface area contributed by atoms with Crippen molar-refractivity contribution in [2.75, 3.05) is 0 Å². The molecule has 1 atom stereocenters. The van der Waals surface area contributed by atoms with Crippen molar-refractivity contribution in [1.82, 2.24) is 0 Å². The summed E-state index contributed by atoms with van der Waals surface area (Å²) >= 11 is 28.4. The molecule has 1 aromatic rings. The van der Waals surface area contributed by atoms with E-state index in [-0.39, 0.29) is 30.9 Å². The van der Waals surface area contributed by atoms with Gasteiger partial charge in [0.05, 0.1) is 15.1 Å². The summed E-state index contributed by atoms with van der Waals surface area (Å²) in [4.78, 5) is 8.59. The predicted octanol–water partition coefficient (Wildman–Crippen LogP) is 4.71. The zero-order valence-electron chi connectivity index (χ0n) is 6.65. The Hall–Kier alpha value is 0.660. The number of rotatable bonds is 2. The highest BCUT2D eigenvalue weighted by Gasteiger charge is 2.21. The third-order valence-corrected chi connectivity index (χ3v) is 3.98. The van der Waals surface area contributed by atoms with Gasteiger partial charge in [0, 0.05) is 0 Å². The summed E-state index contributed by atoms with van der Waals surface area (Å²) in [6.45, 7) is 0. The van der Waals surface area contributed by atoms with Gasteiger partial charge < -0.3 is 9.42 Å². The predicted molar refractivity (Wildman–Crippen MR) is 63.3 cm³/mol. The van der Waals surface area contributed by atoms with Gasteiger partial charge in [-0.1, -0.05) is 58.0 Å². The number of hydrogen-bond donors (Lipinski definition) is 1. The minimum absolute atomic E-state index is 0.0432. The van der Waals surface area contributed by atoms with Gasteiger partial charge in [0.25, 0.3) is 0 Å². The molecule has 1 unspecified atom stereocenters. The first kappa shape index (κ1) is 13.7. The first-order chi connectivity index (χ1) is 6.86. The molecule has 0 aliphatic heterocycles. The molecule has 84 valence electrons. The molecule has 0 bridgehead atoms. The average molecular weight is 330 g/mol. The van der Waals surface area contributed by atoms with Crippen molar-refractivity contribution in [1.29, 1.82) is 0 Å². The average Bonchev–Trinajstić information content (AvgIpc) is 2.18. The van der Waals surface area contributed by atoms with E-state index in [2.05, 4.69) is 4.52 Å². The van der Waals surface area contributed by atoms with Crippen molar-refractivity contribution < 1.29 is 14.0 Å². The monoisotopic (exact) mass is 328 g/mol. The third kappa shape index (κ3) is 2.86. The normalized spacial score (nSPS) is 12.7. The summed E-state index contributed by atoms with van der Waals surface area (Å²) in [6, 6.07) is 0. The van der Waals surface area contributed by atoms with Crippen LogP contribution in [-0.2, 0) is 4.57 Å². The van der Waals surface area contributed by atoms with Crippen LogP contribution in [0.25, 0.3) is 0 Å². The van der Waals surface area contributed by atoms with Crippen molar-refractivity contribution in [2.24, 2.45) is 0 Å². The maximum Gasteiger partial charge on any atom is 0.365 e. The Kier molecular flexibility index (Phi) is 4.87. The van der Waals surface area contributed by atoms with E-state index in [1.54, 1.807) is 0 Å². The van der Waals surface area contributed by atoms with Crippen LogP contribution in [0.3, 0.4) is 0 Å². The van der Waals surface area contributed by atoms with Gasteiger partial charge in [-0.3, -0.25) is 0 Å². The second-order valence-corrected chi connectivity index (χ2v) is 4.89. The number of halogens is 5. The molecule has 15 heavy (non-hydrogen) atoms. The van der Waals surface area contributed by atoms with Crippen LogP contribution >= 0.6 is 66.3 Å². The molecule has 0 saturated carbocycles. The Labute approximate surface area is 111 Å². The third-order valence-electron chi connectivity index (χ3n) is 1.36. The lowest BCUT2D eigenvalue weighted by atomic mass is 10.3. The molecule has 0 saturated heterocycles. The zero-order chi connectivity index (χ0) is 11.7. The van der Waals surface area contributed by atoms with Crippen molar-refractivity contribution in [2.45, 2.75) is 0 Å². The molecule has 0 heterocycles. The van der Waals surface area contributed by atoms with Gasteiger partial charge in [0.2, 0.25) is 0 Å². The van der Waals surface area contributed by atoms with Crippen LogP contribution < -0.4 is 4.52 Å². The van der Waals surface area contributed by atoms with Crippen LogP contribution in [0, 0.1) is 0 Å². The fourth-order valence-electron chi connectivity index (χ4n) is 0.762. The molecule has 0 aliphatic carbocycles. The van der Waals surface area contributed by atoms with Crippen molar-refractivity contribution in [3.8, 4) is 5.75 Å². The van der Waals surface area contributed by atoms with Gasteiger partial charge in [-0.2, -0.15) is 0 Å². The molecule has 3 nitrogen and oxygen atoms in total. The summed E-state index contributed by atoms with van der Waals surface area (Å²) in [7, 11) is -3.26. The summed E-state index contributed by atoms with van der Waals surface area (Å²) in [5.74, 6) is -0.260. The second-order valence-electron chi connectivity index (χ2n) is 2.27. The Morgan fingerprint density at radius 3 is 1.53 bits per heavy atom. The molecule has 0 radical (unpaired) electrons. The lowest BCUT2D eigenvalue weighted by molar-refractivity contribution is 0.410. The first-order valence-corrected chi connectivity index (χ1v) is 6.43.